The zero-order valence-electron chi connectivity index (χ0n) is 21.1. The van der Waals surface area contributed by atoms with Gasteiger partial charge in [0.15, 0.2) is 0 Å². The second-order valence-electron chi connectivity index (χ2n) is 13.0. The normalized spacial score (nSPS) is 27.7. The maximum Gasteiger partial charge on any atom is 0.393 e. The fourth-order valence-corrected chi connectivity index (χ4v) is 25.2. The summed E-state index contributed by atoms with van der Waals surface area (Å²) in [7, 11) is -7.94. The van der Waals surface area contributed by atoms with E-state index in [0.29, 0.717) is 5.67 Å². The Labute approximate surface area is 175 Å². The van der Waals surface area contributed by atoms with Gasteiger partial charge in [0.2, 0.25) is 0 Å². The average molecular weight is 448 g/mol. The molecular weight excluding hydrogens is 400 g/mol. The smallest absolute Gasteiger partial charge is 0.307 e. The van der Waals surface area contributed by atoms with Crippen LogP contribution in [0.2, 0.25) is 54.4 Å². The maximum atomic E-state index is 17.9. The van der Waals surface area contributed by atoms with Crippen LogP contribution in [-0.2, 0) is 0 Å². The summed E-state index contributed by atoms with van der Waals surface area (Å²) in [5.41, 5.74) is 0.431. The molecule has 1 saturated heterocycles. The van der Waals surface area contributed by atoms with Gasteiger partial charge in [-0.3, -0.25) is 4.11 Å². The summed E-state index contributed by atoms with van der Waals surface area (Å²) in [6, 6.07) is 0. The number of hydrogen-bond donors (Lipinski definition) is 0. The van der Waals surface area contributed by atoms with Crippen LogP contribution in [0.25, 0.3) is 0 Å². The molecule has 0 saturated carbocycles. The zero-order chi connectivity index (χ0) is 22.0. The lowest BCUT2D eigenvalue weighted by Crippen LogP contribution is -2.76. The molecule has 0 N–H and O–H groups in total. The summed E-state index contributed by atoms with van der Waals surface area (Å²) in [5.74, 6) is 0. The third kappa shape index (κ3) is 4.02. The van der Waals surface area contributed by atoms with E-state index in [1.807, 2.05) is 0 Å². The third-order valence-corrected chi connectivity index (χ3v) is 29.5. The van der Waals surface area contributed by atoms with E-state index in [9.17, 15) is 0 Å². The van der Waals surface area contributed by atoms with Gasteiger partial charge in [0.05, 0.1) is 8.80 Å². The minimum Gasteiger partial charge on any atom is -0.307 e. The average Bonchev–Trinajstić information content (AvgIpc) is 2.71. The predicted molar refractivity (Wildman–Crippen MR) is 131 cm³/mol. The van der Waals surface area contributed by atoms with Crippen molar-refractivity contribution in [3.8, 4) is 0 Å². The predicted octanol–water partition coefficient (Wildman–Crippen LogP) is 6.99. The highest BCUT2D eigenvalue weighted by atomic mass is 28.5. The maximum absolute atomic E-state index is 17.9. The van der Waals surface area contributed by atoms with Gasteiger partial charge in [-0.05, 0) is 10.1 Å². The molecule has 2 unspecified atom stereocenters. The number of hydrogen-bond acceptors (Lipinski definition) is 2. The van der Waals surface area contributed by atoms with Crippen LogP contribution in [0.5, 0.6) is 0 Å². The molecule has 1 radical (unpaired) electrons. The van der Waals surface area contributed by atoms with Crippen molar-refractivity contribution in [2.45, 2.75) is 122 Å². The molecule has 27 heavy (non-hydrogen) atoms. The number of rotatable bonds is 3. The highest BCUT2D eigenvalue weighted by molar-refractivity contribution is 6.98. The highest BCUT2D eigenvalue weighted by Crippen LogP contribution is 2.56. The summed E-state index contributed by atoms with van der Waals surface area (Å²) in [6.07, 6.45) is 0. The lowest BCUT2D eigenvalue weighted by molar-refractivity contribution is 0.437. The van der Waals surface area contributed by atoms with Crippen LogP contribution in [0.3, 0.4) is 0 Å². The van der Waals surface area contributed by atoms with Crippen molar-refractivity contribution in [3.05, 3.63) is 0 Å². The van der Waals surface area contributed by atoms with Gasteiger partial charge in [-0.2, -0.15) is 0 Å². The van der Waals surface area contributed by atoms with Gasteiger partial charge in [-0.1, -0.05) is 102 Å². The largest absolute Gasteiger partial charge is 0.393 e. The summed E-state index contributed by atoms with van der Waals surface area (Å²) < 4.78 is 23.0. The van der Waals surface area contributed by atoms with Crippen molar-refractivity contribution in [2.75, 3.05) is 6.54 Å². The Hall–Kier alpha value is 0.718. The van der Waals surface area contributed by atoms with Crippen LogP contribution >= 0.6 is 0 Å². The lowest BCUT2D eigenvalue weighted by atomic mass is 10.2. The van der Waals surface area contributed by atoms with Gasteiger partial charge < -0.3 is 8.46 Å². The SMILES string of the molecule is C[Si](C)C1CN([Si](C)(C)C(C)(C)C)[Si](F)(C(C)(C)C)N1[Si](C)(C)C(C)(C)C. The molecule has 0 spiro atoms. The van der Waals surface area contributed by atoms with Crippen LogP contribution in [0, 0.1) is 0 Å². The molecule has 7 heteroatoms. The van der Waals surface area contributed by atoms with Crippen LogP contribution in [0.1, 0.15) is 62.3 Å². The fourth-order valence-electron chi connectivity index (χ4n) is 4.04. The standard InChI is InChI=1S/C20H48FN2Si4/c1-18(2,3)25(12,13)22-16-17(24(10)11)23(26(14,15)19(4,5)6)27(22,21)20(7,8)9/h17H,16H2,1-15H3. The first-order valence-electron chi connectivity index (χ1n) is 10.6. The topological polar surface area (TPSA) is 6.48 Å². The molecular formula is C20H48FN2Si4. The Morgan fingerprint density at radius 3 is 1.44 bits per heavy atom. The molecule has 1 heterocycles. The van der Waals surface area contributed by atoms with Crippen LogP contribution in [-0.4, -0.2) is 54.7 Å². The van der Waals surface area contributed by atoms with E-state index >= 15 is 4.11 Å². The van der Waals surface area contributed by atoms with Gasteiger partial charge in [-0.25, -0.2) is 0 Å². The molecule has 0 aromatic rings. The van der Waals surface area contributed by atoms with E-state index in [1.165, 1.54) is 0 Å². The molecule has 0 aromatic heterocycles. The van der Waals surface area contributed by atoms with E-state index in [-0.39, 0.29) is 15.1 Å². The molecule has 2 nitrogen and oxygen atoms in total. The van der Waals surface area contributed by atoms with Gasteiger partial charge >= 0.3 is 8.73 Å². The second-order valence-corrected chi connectivity index (χ2v) is 30.7. The molecule has 0 aliphatic carbocycles. The van der Waals surface area contributed by atoms with Gasteiger partial charge in [0, 0.05) is 17.2 Å². The minimum absolute atomic E-state index is 0.154. The van der Waals surface area contributed by atoms with E-state index in [2.05, 4.69) is 110 Å². The van der Waals surface area contributed by atoms with Crippen molar-refractivity contribution in [3.63, 3.8) is 0 Å². The highest BCUT2D eigenvalue weighted by Gasteiger charge is 2.71. The molecule has 161 valence electrons. The van der Waals surface area contributed by atoms with Crippen LogP contribution in [0.4, 0.5) is 4.11 Å². The molecule has 1 aliphatic heterocycles. The van der Waals surface area contributed by atoms with Crippen molar-refractivity contribution < 1.29 is 4.11 Å². The van der Waals surface area contributed by atoms with Crippen molar-refractivity contribution in [1.82, 2.24) is 8.46 Å². The molecule has 0 amide bonds. The van der Waals surface area contributed by atoms with E-state index in [0.717, 1.165) is 6.54 Å². The first-order valence-corrected chi connectivity index (χ1v) is 20.8. The van der Waals surface area contributed by atoms with E-state index in [1.54, 1.807) is 0 Å². The summed E-state index contributed by atoms with van der Waals surface area (Å²) >= 11 is 0. The van der Waals surface area contributed by atoms with E-state index < -0.39 is 34.0 Å². The Bertz CT molecular complexity index is 544. The zero-order valence-corrected chi connectivity index (χ0v) is 25.1. The lowest BCUT2D eigenvalue weighted by Gasteiger charge is -2.57. The van der Waals surface area contributed by atoms with Gasteiger partial charge in [0.1, 0.15) is 16.5 Å². The Morgan fingerprint density at radius 1 is 0.815 bits per heavy atom. The first kappa shape index (κ1) is 25.8. The van der Waals surface area contributed by atoms with Crippen molar-refractivity contribution in [1.29, 1.82) is 0 Å². The molecule has 0 bridgehead atoms. The first-order chi connectivity index (χ1) is 11.5. The summed E-state index contributed by atoms with van der Waals surface area (Å²) in [5, 5.41) is -0.00330. The Morgan fingerprint density at radius 2 is 1.19 bits per heavy atom. The molecule has 2 atom stereocenters. The van der Waals surface area contributed by atoms with E-state index in [4.69, 9.17) is 0 Å². The Kier molecular flexibility index (Phi) is 6.82. The van der Waals surface area contributed by atoms with Crippen molar-refractivity contribution >= 4 is 34.0 Å². The summed E-state index contributed by atoms with van der Waals surface area (Å²) in [6.45, 7) is 36.1. The Balaban J connectivity index is 3.83. The number of halogens is 1. The molecule has 1 fully saturated rings. The quantitative estimate of drug-likeness (QED) is 0.340. The fraction of sp³-hybridized carbons (Fsp3) is 1.00. The van der Waals surface area contributed by atoms with Crippen molar-refractivity contribution in [2.24, 2.45) is 0 Å². The molecule has 1 rings (SSSR count). The van der Waals surface area contributed by atoms with Crippen LogP contribution < -0.4 is 0 Å². The van der Waals surface area contributed by atoms with Gasteiger partial charge in [-0.15, -0.1) is 0 Å². The monoisotopic (exact) mass is 447 g/mol. The van der Waals surface area contributed by atoms with Crippen LogP contribution in [0.15, 0.2) is 0 Å². The molecule has 1 aliphatic rings. The third-order valence-electron chi connectivity index (χ3n) is 7.91. The second kappa shape index (κ2) is 7.15. The minimum atomic E-state index is -3.35. The van der Waals surface area contributed by atoms with Gasteiger partial charge in [0.25, 0.3) is 0 Å². The number of nitrogens with zero attached hydrogens (tertiary/aromatic N) is 2. The molecule has 0 aromatic carbocycles. The summed E-state index contributed by atoms with van der Waals surface area (Å²) in [4.78, 5) is 0.